The molecular weight excluding hydrogens is 265 g/mol. The fourth-order valence-electron chi connectivity index (χ4n) is 0.953. The van der Waals surface area contributed by atoms with E-state index in [0.717, 1.165) is 0 Å². The highest BCUT2D eigenvalue weighted by Gasteiger charge is 2.09. The summed E-state index contributed by atoms with van der Waals surface area (Å²) in [6, 6.07) is 3.72. The van der Waals surface area contributed by atoms with Gasteiger partial charge in [-0.3, -0.25) is 4.79 Å². The Morgan fingerprint density at radius 2 is 2.27 bits per heavy atom. The van der Waals surface area contributed by atoms with Crippen LogP contribution in [0.1, 0.15) is 0 Å². The summed E-state index contributed by atoms with van der Waals surface area (Å²) in [6.45, 7) is 0.105. The molecule has 82 valence electrons. The van der Waals surface area contributed by atoms with Crippen molar-refractivity contribution >= 4 is 27.5 Å². The number of nitrogens with one attached hydrogen (secondary N) is 1. The molecule has 0 heterocycles. The zero-order chi connectivity index (χ0) is 11.4. The van der Waals surface area contributed by atoms with Crippen LogP contribution in [0.4, 0.5) is 10.1 Å². The van der Waals surface area contributed by atoms with Gasteiger partial charge >= 0.3 is 0 Å². The molecule has 1 unspecified atom stereocenters. The van der Waals surface area contributed by atoms with Crippen LogP contribution in [-0.4, -0.2) is 18.5 Å². The van der Waals surface area contributed by atoms with Crippen LogP contribution in [0, 0.1) is 5.82 Å². The Morgan fingerprint density at radius 3 is 2.80 bits per heavy atom. The highest BCUT2D eigenvalue weighted by atomic mass is 79.9. The Bertz CT molecular complexity index is 372. The molecule has 0 saturated carbocycles. The third-order valence-corrected chi connectivity index (χ3v) is 2.30. The zero-order valence-corrected chi connectivity index (χ0v) is 9.42. The molecule has 0 aromatic heterocycles. The Morgan fingerprint density at radius 1 is 1.60 bits per heavy atom. The fraction of sp³-hybridized carbons (Fsp3) is 0.222. The highest BCUT2D eigenvalue weighted by molar-refractivity contribution is 9.10. The first-order valence-corrected chi connectivity index (χ1v) is 5.04. The minimum atomic E-state index is -0.826. The standard InChI is InChI=1S/C9H11BrFN3O/c10-5-1-2-8(6(11)3-5)14-4-7(12)9(13)15/h1-3,7,14H,4,12H2,(H2,13,15). The minimum absolute atomic E-state index is 0.105. The zero-order valence-electron chi connectivity index (χ0n) is 7.84. The lowest BCUT2D eigenvalue weighted by Gasteiger charge is -2.11. The molecule has 0 spiro atoms. The number of carbonyl (C=O) groups is 1. The Balaban J connectivity index is 2.62. The van der Waals surface area contributed by atoms with Gasteiger partial charge < -0.3 is 16.8 Å². The van der Waals surface area contributed by atoms with E-state index in [-0.39, 0.29) is 12.2 Å². The van der Waals surface area contributed by atoms with Gasteiger partial charge in [0, 0.05) is 11.0 Å². The summed E-state index contributed by atoms with van der Waals surface area (Å²) in [5, 5.41) is 2.70. The molecular formula is C9H11BrFN3O. The van der Waals surface area contributed by atoms with Gasteiger partial charge in [0.05, 0.1) is 5.69 Å². The molecule has 15 heavy (non-hydrogen) atoms. The molecule has 0 fully saturated rings. The maximum Gasteiger partial charge on any atom is 0.236 e. The quantitative estimate of drug-likeness (QED) is 0.761. The maximum absolute atomic E-state index is 13.3. The van der Waals surface area contributed by atoms with E-state index in [1.807, 2.05) is 0 Å². The van der Waals surface area contributed by atoms with Gasteiger partial charge in [-0.1, -0.05) is 15.9 Å². The van der Waals surface area contributed by atoms with Crippen LogP contribution in [0.2, 0.25) is 0 Å². The molecule has 0 aliphatic carbocycles. The second-order valence-corrected chi connectivity index (χ2v) is 3.93. The van der Waals surface area contributed by atoms with E-state index in [2.05, 4.69) is 21.2 Å². The van der Waals surface area contributed by atoms with Gasteiger partial charge in [-0.05, 0) is 18.2 Å². The average Bonchev–Trinajstić information content (AvgIpc) is 2.15. The number of halogens is 2. The summed E-state index contributed by atoms with van der Waals surface area (Å²) >= 11 is 3.13. The maximum atomic E-state index is 13.3. The number of carbonyl (C=O) groups excluding carboxylic acids is 1. The van der Waals surface area contributed by atoms with Crippen LogP contribution in [0.25, 0.3) is 0 Å². The van der Waals surface area contributed by atoms with Crippen molar-refractivity contribution in [1.29, 1.82) is 0 Å². The average molecular weight is 276 g/mol. The summed E-state index contributed by atoms with van der Waals surface area (Å²) in [5.41, 5.74) is 10.6. The largest absolute Gasteiger partial charge is 0.381 e. The van der Waals surface area contributed by atoms with Crippen LogP contribution >= 0.6 is 15.9 Å². The summed E-state index contributed by atoms with van der Waals surface area (Å²) in [5.74, 6) is -1.04. The summed E-state index contributed by atoms with van der Waals surface area (Å²) in [6.07, 6.45) is 0. The number of anilines is 1. The molecule has 1 aromatic carbocycles. The molecule has 1 amide bonds. The van der Waals surface area contributed by atoms with E-state index >= 15 is 0 Å². The number of rotatable bonds is 4. The second kappa shape index (κ2) is 5.09. The van der Waals surface area contributed by atoms with Gasteiger partial charge in [-0.15, -0.1) is 0 Å². The lowest BCUT2D eigenvalue weighted by Crippen LogP contribution is -2.41. The van der Waals surface area contributed by atoms with Crippen LogP contribution in [0.3, 0.4) is 0 Å². The molecule has 1 rings (SSSR count). The summed E-state index contributed by atoms with van der Waals surface area (Å²) < 4.78 is 13.9. The number of amides is 1. The molecule has 6 heteroatoms. The van der Waals surface area contributed by atoms with Crippen molar-refractivity contribution < 1.29 is 9.18 Å². The minimum Gasteiger partial charge on any atom is -0.381 e. The van der Waals surface area contributed by atoms with Crippen LogP contribution < -0.4 is 16.8 Å². The molecule has 1 aromatic rings. The predicted molar refractivity (Wildman–Crippen MR) is 59.8 cm³/mol. The van der Waals surface area contributed by atoms with Gasteiger partial charge in [-0.25, -0.2) is 4.39 Å². The Kier molecular flexibility index (Phi) is 4.05. The topological polar surface area (TPSA) is 81.1 Å². The number of hydrogen-bond donors (Lipinski definition) is 3. The second-order valence-electron chi connectivity index (χ2n) is 3.01. The lowest BCUT2D eigenvalue weighted by molar-refractivity contribution is -0.118. The summed E-state index contributed by atoms with van der Waals surface area (Å²) in [7, 11) is 0. The Labute approximate surface area is 95.0 Å². The highest BCUT2D eigenvalue weighted by Crippen LogP contribution is 2.18. The smallest absolute Gasteiger partial charge is 0.236 e. The third-order valence-electron chi connectivity index (χ3n) is 1.81. The van der Waals surface area contributed by atoms with Gasteiger partial charge in [0.2, 0.25) is 5.91 Å². The first-order chi connectivity index (χ1) is 7.00. The molecule has 0 aliphatic rings. The van der Waals surface area contributed by atoms with E-state index in [9.17, 15) is 9.18 Å². The normalized spacial score (nSPS) is 12.2. The van der Waals surface area contributed by atoms with Crippen molar-refractivity contribution in [3.8, 4) is 0 Å². The first-order valence-electron chi connectivity index (χ1n) is 4.24. The number of primary amides is 1. The predicted octanol–water partition coefficient (Wildman–Crippen LogP) is 0.813. The molecule has 4 nitrogen and oxygen atoms in total. The molecule has 0 bridgehead atoms. The molecule has 1 atom stereocenters. The van der Waals surface area contributed by atoms with Gasteiger partial charge in [0.25, 0.3) is 0 Å². The van der Waals surface area contributed by atoms with Crippen LogP contribution in [0.5, 0.6) is 0 Å². The van der Waals surface area contributed by atoms with E-state index in [4.69, 9.17) is 11.5 Å². The van der Waals surface area contributed by atoms with Gasteiger partial charge in [0.15, 0.2) is 0 Å². The molecule has 0 radical (unpaired) electrons. The van der Waals surface area contributed by atoms with Crippen molar-refractivity contribution in [2.45, 2.75) is 6.04 Å². The first kappa shape index (κ1) is 11.9. The van der Waals surface area contributed by atoms with Crippen molar-refractivity contribution in [2.75, 3.05) is 11.9 Å². The number of benzene rings is 1. The summed E-state index contributed by atoms with van der Waals surface area (Å²) in [4.78, 5) is 10.6. The van der Waals surface area contributed by atoms with E-state index < -0.39 is 17.8 Å². The van der Waals surface area contributed by atoms with Gasteiger partial charge in [0.1, 0.15) is 11.9 Å². The fourth-order valence-corrected chi connectivity index (χ4v) is 1.29. The Hall–Kier alpha value is -1.14. The van der Waals surface area contributed by atoms with Crippen molar-refractivity contribution in [2.24, 2.45) is 11.5 Å². The number of hydrogen-bond acceptors (Lipinski definition) is 3. The molecule has 5 N–H and O–H groups in total. The number of nitrogens with two attached hydrogens (primary N) is 2. The monoisotopic (exact) mass is 275 g/mol. The van der Waals surface area contributed by atoms with Crippen molar-refractivity contribution in [1.82, 2.24) is 0 Å². The SMILES string of the molecule is NC(=O)C(N)CNc1ccc(Br)cc1F. The van der Waals surface area contributed by atoms with Crippen LogP contribution in [0.15, 0.2) is 22.7 Å². The van der Waals surface area contributed by atoms with Crippen molar-refractivity contribution in [3.63, 3.8) is 0 Å². The van der Waals surface area contributed by atoms with E-state index in [1.165, 1.54) is 6.07 Å². The molecule has 0 saturated heterocycles. The van der Waals surface area contributed by atoms with E-state index in [0.29, 0.717) is 4.47 Å². The van der Waals surface area contributed by atoms with Gasteiger partial charge in [-0.2, -0.15) is 0 Å². The molecule has 0 aliphatic heterocycles. The third kappa shape index (κ3) is 3.49. The van der Waals surface area contributed by atoms with Crippen molar-refractivity contribution in [3.05, 3.63) is 28.5 Å². The van der Waals surface area contributed by atoms with Crippen LogP contribution in [-0.2, 0) is 4.79 Å². The lowest BCUT2D eigenvalue weighted by atomic mass is 10.2. The van der Waals surface area contributed by atoms with E-state index in [1.54, 1.807) is 12.1 Å².